The first-order valence-electron chi connectivity index (χ1n) is 6.49. The maximum atomic E-state index is 11.3. The van der Waals surface area contributed by atoms with Crippen molar-refractivity contribution in [2.75, 3.05) is 14.2 Å². The Kier molecular flexibility index (Phi) is 5.33. The van der Waals surface area contributed by atoms with Gasteiger partial charge in [0.15, 0.2) is 11.5 Å². The predicted molar refractivity (Wildman–Crippen MR) is 77.4 cm³/mol. The Labute approximate surface area is 119 Å². The van der Waals surface area contributed by atoms with Crippen LogP contribution in [0.1, 0.15) is 32.3 Å². The van der Waals surface area contributed by atoms with Crippen LogP contribution in [-0.4, -0.2) is 25.2 Å². The topological polar surface area (TPSA) is 87.6 Å². The molecule has 1 aromatic rings. The molecule has 6 nitrogen and oxygen atoms in total. The molecule has 0 spiro atoms. The highest BCUT2D eigenvalue weighted by atomic mass is 16.6. The molecule has 0 saturated carbocycles. The summed E-state index contributed by atoms with van der Waals surface area (Å²) >= 11 is 0. The average molecular weight is 282 g/mol. The van der Waals surface area contributed by atoms with Gasteiger partial charge in [0.05, 0.1) is 25.2 Å². The fraction of sp³-hybridized carbons (Fsp3) is 0.571. The first kappa shape index (κ1) is 16.2. The van der Waals surface area contributed by atoms with E-state index in [9.17, 15) is 10.1 Å². The number of nitro benzene ring substituents is 1. The quantitative estimate of drug-likeness (QED) is 0.640. The minimum atomic E-state index is -0.408. The van der Waals surface area contributed by atoms with Gasteiger partial charge in [-0.1, -0.05) is 13.8 Å². The van der Waals surface area contributed by atoms with Crippen LogP contribution in [0.2, 0.25) is 0 Å². The molecule has 0 amide bonds. The van der Waals surface area contributed by atoms with E-state index >= 15 is 0 Å². The van der Waals surface area contributed by atoms with E-state index in [-0.39, 0.29) is 23.6 Å². The van der Waals surface area contributed by atoms with E-state index in [1.54, 1.807) is 6.07 Å². The lowest BCUT2D eigenvalue weighted by Gasteiger charge is -2.25. The summed E-state index contributed by atoms with van der Waals surface area (Å²) in [5.74, 6) is 0.858. The van der Waals surface area contributed by atoms with Crippen LogP contribution >= 0.6 is 0 Å². The minimum absolute atomic E-state index is 0.0126. The number of methoxy groups -OCH3 is 2. The zero-order chi connectivity index (χ0) is 15.4. The second-order valence-corrected chi connectivity index (χ2v) is 5.15. The highest BCUT2D eigenvalue weighted by Gasteiger charge is 2.29. The molecule has 0 aromatic heterocycles. The fourth-order valence-corrected chi connectivity index (χ4v) is 2.56. The number of nitrogens with zero attached hydrogens (tertiary/aromatic N) is 1. The molecule has 0 aliphatic rings. The molecular formula is C14H22N2O4. The summed E-state index contributed by atoms with van der Waals surface area (Å²) in [6.07, 6.45) is 0. The molecule has 0 heterocycles. The fourth-order valence-electron chi connectivity index (χ4n) is 2.56. The van der Waals surface area contributed by atoms with Crippen molar-refractivity contribution >= 4 is 5.69 Å². The lowest BCUT2D eigenvalue weighted by Crippen LogP contribution is -2.29. The molecule has 0 aliphatic heterocycles. The second kappa shape index (κ2) is 6.56. The van der Waals surface area contributed by atoms with Gasteiger partial charge in [-0.2, -0.15) is 0 Å². The van der Waals surface area contributed by atoms with Crippen LogP contribution < -0.4 is 15.2 Å². The molecule has 6 heteroatoms. The van der Waals surface area contributed by atoms with Crippen LogP contribution in [0.15, 0.2) is 12.1 Å². The van der Waals surface area contributed by atoms with Gasteiger partial charge in [-0.05, 0) is 18.9 Å². The number of nitro groups is 1. The smallest absolute Gasteiger partial charge is 0.276 e. The van der Waals surface area contributed by atoms with Crippen molar-refractivity contribution in [2.45, 2.75) is 32.7 Å². The Morgan fingerprint density at radius 3 is 2.00 bits per heavy atom. The number of hydrogen-bond donors (Lipinski definition) is 1. The van der Waals surface area contributed by atoms with E-state index in [0.717, 1.165) is 0 Å². The number of benzene rings is 1. The molecular weight excluding hydrogens is 260 g/mol. The Balaban J connectivity index is 3.53. The molecule has 1 aromatic carbocycles. The van der Waals surface area contributed by atoms with Gasteiger partial charge in [-0.25, -0.2) is 0 Å². The van der Waals surface area contributed by atoms with E-state index in [4.69, 9.17) is 15.2 Å². The molecule has 0 aliphatic carbocycles. The Bertz CT molecular complexity index is 478. The number of rotatable bonds is 6. The van der Waals surface area contributed by atoms with Gasteiger partial charge in [0.1, 0.15) is 0 Å². The van der Waals surface area contributed by atoms with E-state index < -0.39 is 4.92 Å². The molecule has 1 rings (SSSR count). The van der Waals surface area contributed by atoms with Crippen molar-refractivity contribution in [2.24, 2.45) is 11.7 Å². The first-order chi connectivity index (χ1) is 9.33. The largest absolute Gasteiger partial charge is 0.493 e. The summed E-state index contributed by atoms with van der Waals surface area (Å²) in [5, 5.41) is 11.3. The predicted octanol–water partition coefficient (Wildman–Crippen LogP) is 2.70. The number of ether oxygens (including phenoxy) is 2. The van der Waals surface area contributed by atoms with Crippen LogP contribution in [0.5, 0.6) is 11.5 Å². The summed E-state index contributed by atoms with van der Waals surface area (Å²) in [5.41, 5.74) is 6.60. The third-order valence-electron chi connectivity index (χ3n) is 3.37. The molecule has 2 atom stereocenters. The first-order valence-corrected chi connectivity index (χ1v) is 6.49. The molecule has 0 fully saturated rings. The van der Waals surface area contributed by atoms with Gasteiger partial charge in [-0.15, -0.1) is 0 Å². The molecule has 2 N–H and O–H groups in total. The minimum Gasteiger partial charge on any atom is -0.493 e. The maximum absolute atomic E-state index is 11.3. The van der Waals surface area contributed by atoms with Crippen molar-refractivity contribution in [3.63, 3.8) is 0 Å². The van der Waals surface area contributed by atoms with Crippen LogP contribution in [0.3, 0.4) is 0 Å². The highest BCUT2D eigenvalue weighted by molar-refractivity contribution is 5.56. The van der Waals surface area contributed by atoms with Crippen molar-refractivity contribution < 1.29 is 14.4 Å². The van der Waals surface area contributed by atoms with E-state index in [1.165, 1.54) is 20.3 Å². The lowest BCUT2D eigenvalue weighted by molar-refractivity contribution is -0.385. The van der Waals surface area contributed by atoms with Gasteiger partial charge in [0, 0.05) is 17.5 Å². The summed E-state index contributed by atoms with van der Waals surface area (Å²) in [6, 6.07) is 2.85. The Morgan fingerprint density at radius 1 is 1.15 bits per heavy atom. The monoisotopic (exact) mass is 282 g/mol. The van der Waals surface area contributed by atoms with Gasteiger partial charge in [0.25, 0.3) is 5.69 Å². The van der Waals surface area contributed by atoms with Gasteiger partial charge < -0.3 is 15.2 Å². The second-order valence-electron chi connectivity index (χ2n) is 5.15. The van der Waals surface area contributed by atoms with Gasteiger partial charge >= 0.3 is 0 Å². The summed E-state index contributed by atoms with van der Waals surface area (Å²) in [7, 11) is 2.95. The molecule has 20 heavy (non-hydrogen) atoms. The Morgan fingerprint density at radius 2 is 1.65 bits per heavy atom. The van der Waals surface area contributed by atoms with Gasteiger partial charge in [0.2, 0.25) is 0 Å². The van der Waals surface area contributed by atoms with Gasteiger partial charge in [-0.3, -0.25) is 10.1 Å². The van der Waals surface area contributed by atoms with Crippen molar-refractivity contribution in [1.82, 2.24) is 0 Å². The van der Waals surface area contributed by atoms with E-state index in [2.05, 4.69) is 0 Å². The van der Waals surface area contributed by atoms with Crippen LogP contribution in [0.25, 0.3) is 0 Å². The third-order valence-corrected chi connectivity index (χ3v) is 3.37. The van der Waals surface area contributed by atoms with Crippen LogP contribution in [0.4, 0.5) is 5.69 Å². The number of nitrogens with two attached hydrogens (primary N) is 1. The zero-order valence-electron chi connectivity index (χ0n) is 12.5. The van der Waals surface area contributed by atoms with Crippen LogP contribution in [-0.2, 0) is 0 Å². The molecule has 2 unspecified atom stereocenters. The molecule has 0 saturated heterocycles. The summed E-state index contributed by atoms with van der Waals surface area (Å²) in [6.45, 7) is 5.84. The zero-order valence-corrected chi connectivity index (χ0v) is 12.5. The molecule has 112 valence electrons. The Hall–Kier alpha value is -1.82. The SMILES string of the molecule is COc1cc(C(C(C)C)C(C)N)c([N+](=O)[O-])cc1OC. The summed E-state index contributed by atoms with van der Waals surface area (Å²) < 4.78 is 10.4. The lowest BCUT2D eigenvalue weighted by atomic mass is 9.82. The standard InChI is InChI=1S/C14H22N2O4/c1-8(2)14(9(3)15)10-6-12(19-4)13(20-5)7-11(10)16(17)18/h6-9,14H,15H2,1-5H3. The molecule has 0 radical (unpaired) electrons. The normalized spacial score (nSPS) is 13.9. The van der Waals surface area contributed by atoms with Crippen molar-refractivity contribution in [1.29, 1.82) is 0 Å². The highest BCUT2D eigenvalue weighted by Crippen LogP contribution is 2.41. The third kappa shape index (κ3) is 3.19. The van der Waals surface area contributed by atoms with Crippen molar-refractivity contribution in [3.8, 4) is 11.5 Å². The van der Waals surface area contributed by atoms with Crippen LogP contribution in [0, 0.1) is 16.0 Å². The van der Waals surface area contributed by atoms with E-state index in [1.807, 2.05) is 20.8 Å². The maximum Gasteiger partial charge on any atom is 0.276 e. The average Bonchev–Trinajstić information content (AvgIpc) is 2.36. The van der Waals surface area contributed by atoms with E-state index in [0.29, 0.717) is 17.1 Å². The van der Waals surface area contributed by atoms with Crippen molar-refractivity contribution in [3.05, 3.63) is 27.8 Å². The number of hydrogen-bond acceptors (Lipinski definition) is 5. The summed E-state index contributed by atoms with van der Waals surface area (Å²) in [4.78, 5) is 10.9. The molecule has 0 bridgehead atoms.